The highest BCUT2D eigenvalue weighted by Gasteiger charge is 2.47. The highest BCUT2D eigenvalue weighted by Crippen LogP contribution is 2.52. The zero-order valence-corrected chi connectivity index (χ0v) is 23.4. The van der Waals surface area contributed by atoms with Gasteiger partial charge in [0, 0.05) is 42.0 Å². The van der Waals surface area contributed by atoms with E-state index in [1.54, 1.807) is 6.33 Å². The number of aryl methyl sites for hydroxylation is 1. The molecule has 1 amide bonds. The quantitative estimate of drug-likeness (QED) is 0.385. The highest BCUT2D eigenvalue weighted by atomic mass is 16.6. The van der Waals surface area contributed by atoms with Gasteiger partial charge in [-0.2, -0.15) is 0 Å². The Kier molecular flexibility index (Phi) is 6.48. The SMILES string of the molecule is CC1CCc2ncnc(N3CC4(CCN(C(=O)OC(C)(C)C)CC4)c4cc(OCc5ccccc5)ccc43)c21. The summed E-state index contributed by atoms with van der Waals surface area (Å²) in [5.74, 6) is 2.35. The van der Waals surface area contributed by atoms with Crippen molar-refractivity contribution < 1.29 is 14.3 Å². The van der Waals surface area contributed by atoms with Gasteiger partial charge in [-0.05, 0) is 81.7 Å². The average Bonchev–Trinajstić information content (AvgIpc) is 3.45. The van der Waals surface area contributed by atoms with Crippen molar-refractivity contribution in [2.24, 2.45) is 0 Å². The maximum absolute atomic E-state index is 12.8. The number of rotatable bonds is 4. The van der Waals surface area contributed by atoms with Crippen LogP contribution in [0.1, 0.15) is 75.3 Å². The molecule has 2 aromatic carbocycles. The van der Waals surface area contributed by atoms with Gasteiger partial charge in [-0.1, -0.05) is 37.3 Å². The Morgan fingerprint density at radius 2 is 1.85 bits per heavy atom. The Hall–Kier alpha value is -3.61. The summed E-state index contributed by atoms with van der Waals surface area (Å²) in [4.78, 5) is 26.6. The number of fused-ring (bicyclic) bond motifs is 3. The number of aromatic nitrogens is 2. The maximum Gasteiger partial charge on any atom is 0.410 e. The maximum atomic E-state index is 12.8. The van der Waals surface area contributed by atoms with Crippen LogP contribution in [0.2, 0.25) is 0 Å². The van der Waals surface area contributed by atoms with Crippen molar-refractivity contribution >= 4 is 17.6 Å². The van der Waals surface area contributed by atoms with Crippen molar-refractivity contribution in [2.45, 2.75) is 76.9 Å². The first-order chi connectivity index (χ1) is 18.7. The van der Waals surface area contributed by atoms with Crippen LogP contribution >= 0.6 is 0 Å². The van der Waals surface area contributed by atoms with E-state index in [1.807, 2.05) is 43.9 Å². The second-order valence-electron chi connectivity index (χ2n) is 12.3. The normalized spacial score (nSPS) is 19.6. The number of benzene rings is 2. The molecule has 1 unspecified atom stereocenters. The van der Waals surface area contributed by atoms with E-state index in [0.29, 0.717) is 25.6 Å². The van der Waals surface area contributed by atoms with Crippen LogP contribution < -0.4 is 9.64 Å². The van der Waals surface area contributed by atoms with Crippen LogP contribution in [0.5, 0.6) is 5.75 Å². The first kappa shape index (κ1) is 25.7. The summed E-state index contributed by atoms with van der Waals surface area (Å²) in [5.41, 5.74) is 5.49. The van der Waals surface area contributed by atoms with Gasteiger partial charge in [0.15, 0.2) is 0 Å². The second-order valence-corrected chi connectivity index (χ2v) is 12.3. The van der Waals surface area contributed by atoms with Gasteiger partial charge in [-0.25, -0.2) is 14.8 Å². The predicted molar refractivity (Wildman–Crippen MR) is 152 cm³/mol. The van der Waals surface area contributed by atoms with E-state index < -0.39 is 5.60 Å². The molecule has 3 aromatic rings. The Labute approximate surface area is 231 Å². The van der Waals surface area contributed by atoms with Crippen molar-refractivity contribution in [3.05, 3.63) is 77.2 Å². The van der Waals surface area contributed by atoms with Gasteiger partial charge in [-0.3, -0.25) is 0 Å². The van der Waals surface area contributed by atoms with Crippen LogP contribution in [0.15, 0.2) is 54.9 Å². The van der Waals surface area contributed by atoms with Gasteiger partial charge in [0.2, 0.25) is 0 Å². The number of anilines is 2. The Bertz CT molecular complexity index is 1360. The fourth-order valence-corrected chi connectivity index (χ4v) is 6.38. The molecular formula is C32H38N4O3. The molecular weight excluding hydrogens is 488 g/mol. The zero-order valence-electron chi connectivity index (χ0n) is 23.4. The van der Waals surface area contributed by atoms with Gasteiger partial charge in [0.05, 0.1) is 0 Å². The van der Waals surface area contributed by atoms with Crippen molar-refractivity contribution in [1.82, 2.24) is 14.9 Å². The van der Waals surface area contributed by atoms with Crippen molar-refractivity contribution in [1.29, 1.82) is 0 Å². The molecule has 1 spiro atoms. The first-order valence-corrected chi connectivity index (χ1v) is 14.1. The minimum absolute atomic E-state index is 0.0976. The summed E-state index contributed by atoms with van der Waals surface area (Å²) < 4.78 is 12.0. The number of carbonyl (C=O) groups is 1. The molecule has 1 aliphatic carbocycles. The standard InChI is InChI=1S/C32H38N4O3/c1-22-10-12-26-28(22)29(34-21-33-26)36-20-32(14-16-35(17-15-32)30(37)39-31(2,3)4)25-18-24(11-13-27(25)36)38-19-23-8-6-5-7-9-23/h5-9,11,13,18,21-22H,10,12,14-17,19-20H2,1-4H3. The summed E-state index contributed by atoms with van der Waals surface area (Å²) in [6.45, 7) is 10.7. The molecule has 1 atom stereocenters. The van der Waals surface area contributed by atoms with Gasteiger partial charge in [0.25, 0.3) is 0 Å². The number of hydrogen-bond acceptors (Lipinski definition) is 6. The number of amides is 1. The molecule has 7 heteroatoms. The van der Waals surface area contributed by atoms with Crippen molar-refractivity contribution in [3.8, 4) is 5.75 Å². The van der Waals surface area contributed by atoms with E-state index in [0.717, 1.165) is 49.4 Å². The molecule has 3 aliphatic rings. The summed E-state index contributed by atoms with van der Waals surface area (Å²) in [5, 5.41) is 0. The third-order valence-corrected chi connectivity index (χ3v) is 8.42. The molecule has 204 valence electrons. The fraction of sp³-hybridized carbons (Fsp3) is 0.469. The smallest absolute Gasteiger partial charge is 0.410 e. The lowest BCUT2D eigenvalue weighted by atomic mass is 9.74. The molecule has 0 radical (unpaired) electrons. The molecule has 1 aromatic heterocycles. The monoisotopic (exact) mass is 526 g/mol. The lowest BCUT2D eigenvalue weighted by Crippen LogP contribution is -2.48. The zero-order chi connectivity index (χ0) is 27.2. The fourth-order valence-electron chi connectivity index (χ4n) is 6.38. The largest absolute Gasteiger partial charge is 0.489 e. The topological polar surface area (TPSA) is 67.8 Å². The van der Waals surface area contributed by atoms with E-state index in [-0.39, 0.29) is 11.5 Å². The van der Waals surface area contributed by atoms with E-state index in [2.05, 4.69) is 47.1 Å². The number of hydrogen-bond donors (Lipinski definition) is 0. The second kappa shape index (κ2) is 9.85. The van der Waals surface area contributed by atoms with E-state index in [4.69, 9.17) is 14.5 Å². The molecule has 7 nitrogen and oxygen atoms in total. The molecule has 0 bridgehead atoms. The van der Waals surface area contributed by atoms with Gasteiger partial charge < -0.3 is 19.3 Å². The third kappa shape index (κ3) is 4.95. The molecule has 2 aliphatic heterocycles. The van der Waals surface area contributed by atoms with Crippen LogP contribution in [-0.4, -0.2) is 46.2 Å². The minimum Gasteiger partial charge on any atom is -0.489 e. The van der Waals surface area contributed by atoms with Crippen LogP contribution in [0.3, 0.4) is 0 Å². The highest BCUT2D eigenvalue weighted by molar-refractivity contribution is 5.75. The number of piperidine rings is 1. The Morgan fingerprint density at radius 3 is 2.59 bits per heavy atom. The number of ether oxygens (including phenoxy) is 2. The van der Waals surface area contributed by atoms with Crippen LogP contribution in [-0.2, 0) is 23.2 Å². The lowest BCUT2D eigenvalue weighted by molar-refractivity contribution is 0.0171. The summed E-state index contributed by atoms with van der Waals surface area (Å²) in [6, 6.07) is 16.8. The molecule has 6 rings (SSSR count). The average molecular weight is 527 g/mol. The number of nitrogens with zero attached hydrogens (tertiary/aromatic N) is 4. The minimum atomic E-state index is -0.502. The van der Waals surface area contributed by atoms with Crippen LogP contribution in [0, 0.1) is 0 Å². The lowest BCUT2D eigenvalue weighted by Gasteiger charge is -2.40. The van der Waals surface area contributed by atoms with E-state index in [1.165, 1.54) is 22.5 Å². The van der Waals surface area contributed by atoms with Gasteiger partial charge in [0.1, 0.15) is 30.1 Å². The summed E-state index contributed by atoms with van der Waals surface area (Å²) >= 11 is 0. The Balaban J connectivity index is 1.32. The molecule has 0 N–H and O–H groups in total. The summed E-state index contributed by atoms with van der Waals surface area (Å²) in [6.07, 6.45) is 5.34. The van der Waals surface area contributed by atoms with E-state index in [9.17, 15) is 4.79 Å². The molecule has 1 fully saturated rings. The molecule has 3 heterocycles. The molecule has 39 heavy (non-hydrogen) atoms. The van der Waals surface area contributed by atoms with Crippen molar-refractivity contribution in [3.63, 3.8) is 0 Å². The third-order valence-electron chi connectivity index (χ3n) is 8.42. The van der Waals surface area contributed by atoms with Crippen LogP contribution in [0.4, 0.5) is 16.3 Å². The van der Waals surface area contributed by atoms with Gasteiger partial charge >= 0.3 is 6.09 Å². The predicted octanol–water partition coefficient (Wildman–Crippen LogP) is 6.53. The van der Waals surface area contributed by atoms with E-state index >= 15 is 0 Å². The number of likely N-dealkylation sites (tertiary alicyclic amines) is 1. The summed E-state index contributed by atoms with van der Waals surface area (Å²) in [7, 11) is 0. The van der Waals surface area contributed by atoms with Crippen LogP contribution in [0.25, 0.3) is 0 Å². The first-order valence-electron chi connectivity index (χ1n) is 14.1. The Morgan fingerprint density at radius 1 is 1.08 bits per heavy atom. The molecule has 1 saturated heterocycles. The number of carbonyl (C=O) groups excluding carboxylic acids is 1. The van der Waals surface area contributed by atoms with Crippen molar-refractivity contribution in [2.75, 3.05) is 24.5 Å². The van der Waals surface area contributed by atoms with Gasteiger partial charge in [-0.15, -0.1) is 0 Å². The molecule has 0 saturated carbocycles.